The lowest BCUT2D eigenvalue weighted by molar-refractivity contribution is -0.142. The number of carbonyl (C=O) groups is 2. The summed E-state index contributed by atoms with van der Waals surface area (Å²) < 4.78 is 6.22. The van der Waals surface area contributed by atoms with Gasteiger partial charge in [-0.15, -0.1) is 0 Å². The van der Waals surface area contributed by atoms with Gasteiger partial charge in [0.15, 0.2) is 5.65 Å². The van der Waals surface area contributed by atoms with Gasteiger partial charge in [-0.1, -0.05) is 29.8 Å². The van der Waals surface area contributed by atoms with Crippen LogP contribution in [-0.4, -0.2) is 51.2 Å². The van der Waals surface area contributed by atoms with Crippen molar-refractivity contribution in [2.24, 2.45) is 0 Å². The van der Waals surface area contributed by atoms with Gasteiger partial charge in [0.25, 0.3) is 5.56 Å². The maximum Gasteiger partial charge on any atom is 0.317 e. The van der Waals surface area contributed by atoms with E-state index in [1.54, 1.807) is 24.0 Å². The molecule has 1 aliphatic heterocycles. The predicted octanol–water partition coefficient (Wildman–Crippen LogP) is 2.36. The molecule has 162 valence electrons. The summed E-state index contributed by atoms with van der Waals surface area (Å²) in [5, 5.41) is 6.32. The van der Waals surface area contributed by atoms with Crippen molar-refractivity contribution in [3.8, 4) is 11.3 Å². The number of carbonyl (C=O) groups excluding carboxylic acids is 2. The van der Waals surface area contributed by atoms with Gasteiger partial charge in [-0.25, -0.2) is 14.3 Å². The average Bonchev–Trinajstić information content (AvgIpc) is 3.18. The Kier molecular flexibility index (Phi) is 5.94. The van der Waals surface area contributed by atoms with Gasteiger partial charge in [0.1, 0.15) is 0 Å². The molecule has 31 heavy (non-hydrogen) atoms. The maximum absolute atomic E-state index is 13.1. The Labute approximate surface area is 183 Å². The minimum atomic E-state index is -0.363. The molecule has 0 spiro atoms. The molecule has 0 aliphatic carbocycles. The summed E-state index contributed by atoms with van der Waals surface area (Å²) in [5.74, 6) is -0.363. The van der Waals surface area contributed by atoms with Gasteiger partial charge in [-0.05, 0) is 13.0 Å². The minimum absolute atomic E-state index is 0.0993. The molecule has 0 fully saturated rings. The monoisotopic (exact) mass is 443 g/mol. The molecule has 3 heterocycles. The van der Waals surface area contributed by atoms with E-state index in [-0.39, 0.29) is 37.1 Å². The summed E-state index contributed by atoms with van der Waals surface area (Å²) in [6.45, 7) is 2.79. The molecule has 0 bridgehead atoms. The van der Waals surface area contributed by atoms with Crippen molar-refractivity contribution in [3.63, 3.8) is 0 Å². The highest BCUT2D eigenvalue weighted by atomic mass is 35.5. The summed E-state index contributed by atoms with van der Waals surface area (Å²) in [6, 6.07) is 8.80. The van der Waals surface area contributed by atoms with Crippen molar-refractivity contribution >= 4 is 29.2 Å². The Morgan fingerprint density at radius 2 is 2.13 bits per heavy atom. The van der Waals surface area contributed by atoms with Crippen molar-refractivity contribution in [1.82, 2.24) is 24.8 Å². The summed E-state index contributed by atoms with van der Waals surface area (Å²) in [7, 11) is 0. The van der Waals surface area contributed by atoms with E-state index in [9.17, 15) is 14.4 Å². The normalized spacial score (nSPS) is 13.2. The van der Waals surface area contributed by atoms with Crippen LogP contribution in [0.3, 0.4) is 0 Å². The first-order valence-electron chi connectivity index (χ1n) is 10.0. The molecular formula is C21H22ClN5O4. The fraction of sp³-hybridized carbons (Fsp3) is 0.333. The van der Waals surface area contributed by atoms with E-state index < -0.39 is 0 Å². The third-order valence-corrected chi connectivity index (χ3v) is 5.45. The van der Waals surface area contributed by atoms with E-state index in [1.165, 1.54) is 4.52 Å². The fourth-order valence-corrected chi connectivity index (χ4v) is 3.83. The Hall–Kier alpha value is -3.33. The molecule has 10 heteroatoms. The van der Waals surface area contributed by atoms with Crippen LogP contribution in [-0.2, 0) is 22.5 Å². The Balaban J connectivity index is 1.53. The van der Waals surface area contributed by atoms with E-state index in [2.05, 4.69) is 15.4 Å². The van der Waals surface area contributed by atoms with Crippen LogP contribution in [0, 0.1) is 0 Å². The maximum atomic E-state index is 13.1. The lowest BCUT2D eigenvalue weighted by atomic mass is 10.1. The molecule has 0 radical (unpaired) electrons. The van der Waals surface area contributed by atoms with Crippen LogP contribution in [0.25, 0.3) is 16.9 Å². The number of halogens is 1. The minimum Gasteiger partial charge on any atom is -0.466 e. The van der Waals surface area contributed by atoms with Crippen LogP contribution in [0.4, 0.5) is 4.79 Å². The number of hydrogen-bond donors (Lipinski definition) is 2. The molecule has 1 aliphatic rings. The molecule has 2 amide bonds. The van der Waals surface area contributed by atoms with E-state index in [0.717, 1.165) is 5.56 Å². The van der Waals surface area contributed by atoms with Crippen molar-refractivity contribution in [3.05, 3.63) is 57.0 Å². The summed E-state index contributed by atoms with van der Waals surface area (Å²) in [6.07, 6.45) is 0.571. The second kappa shape index (κ2) is 8.81. The summed E-state index contributed by atoms with van der Waals surface area (Å²) in [4.78, 5) is 43.1. The van der Waals surface area contributed by atoms with Gasteiger partial charge in [0.05, 0.1) is 36.5 Å². The molecule has 2 N–H and O–H groups in total. The molecule has 0 saturated carbocycles. The number of amides is 2. The third-order valence-electron chi connectivity index (χ3n) is 5.12. The summed E-state index contributed by atoms with van der Waals surface area (Å²) in [5.41, 5.74) is 2.87. The van der Waals surface area contributed by atoms with Crippen molar-refractivity contribution in [1.29, 1.82) is 0 Å². The number of aromatic amines is 1. The van der Waals surface area contributed by atoms with Crippen molar-refractivity contribution in [2.75, 3.05) is 19.7 Å². The molecule has 2 aromatic heterocycles. The number of benzene rings is 1. The second-order valence-corrected chi connectivity index (χ2v) is 7.55. The van der Waals surface area contributed by atoms with E-state index in [0.29, 0.717) is 47.2 Å². The molecule has 1 aromatic carbocycles. The molecule has 3 aromatic rings. The average molecular weight is 444 g/mol. The first-order chi connectivity index (χ1) is 15.0. The van der Waals surface area contributed by atoms with Crippen LogP contribution in [0.15, 0.2) is 35.1 Å². The molecule has 4 rings (SSSR count). The Morgan fingerprint density at radius 3 is 2.90 bits per heavy atom. The highest BCUT2D eigenvalue weighted by Gasteiger charge is 2.25. The van der Waals surface area contributed by atoms with E-state index >= 15 is 0 Å². The number of rotatable bonds is 5. The number of urea groups is 1. The lowest BCUT2D eigenvalue weighted by Crippen LogP contribution is -2.45. The molecule has 0 saturated heterocycles. The van der Waals surface area contributed by atoms with Gasteiger partial charge >= 0.3 is 12.0 Å². The van der Waals surface area contributed by atoms with Crippen LogP contribution < -0.4 is 10.9 Å². The molecule has 9 nitrogen and oxygen atoms in total. The molecule has 0 atom stereocenters. The number of nitrogens with one attached hydrogen (secondary N) is 2. The van der Waals surface area contributed by atoms with Gasteiger partial charge in [0, 0.05) is 36.2 Å². The quantitative estimate of drug-likeness (QED) is 0.588. The van der Waals surface area contributed by atoms with E-state index in [4.69, 9.17) is 16.3 Å². The standard InChI is InChI=1S/C21H22ClN5O4/c1-2-31-19(28)7-9-23-21(30)26-10-8-16-14(12-26)20(29)27-18(24-16)11-17(25-27)13-5-3-4-6-15(13)22/h3-6,11,25H,2,7-10,12H2,1H3,(H,23,30). The lowest BCUT2D eigenvalue weighted by Gasteiger charge is -2.27. The van der Waals surface area contributed by atoms with Gasteiger partial charge in [-0.3, -0.25) is 14.7 Å². The SMILES string of the molecule is CCOC(=O)CCNC(=O)N1CCc2nc3cc(-c4ccccc4Cl)[nH]n3c(=O)c2C1. The van der Waals surface area contributed by atoms with Crippen LogP contribution in [0.2, 0.25) is 5.02 Å². The predicted molar refractivity (Wildman–Crippen MR) is 115 cm³/mol. The first-order valence-corrected chi connectivity index (χ1v) is 10.4. The number of aromatic nitrogens is 3. The topological polar surface area (TPSA) is 109 Å². The van der Waals surface area contributed by atoms with Crippen LogP contribution >= 0.6 is 11.6 Å². The van der Waals surface area contributed by atoms with Gasteiger partial charge in [-0.2, -0.15) is 0 Å². The Morgan fingerprint density at radius 1 is 1.32 bits per heavy atom. The largest absolute Gasteiger partial charge is 0.466 e. The van der Waals surface area contributed by atoms with Crippen molar-refractivity contribution in [2.45, 2.75) is 26.3 Å². The Bertz CT molecular complexity index is 1200. The highest BCUT2D eigenvalue weighted by molar-refractivity contribution is 6.33. The zero-order valence-corrected chi connectivity index (χ0v) is 17.7. The highest BCUT2D eigenvalue weighted by Crippen LogP contribution is 2.27. The number of ether oxygens (including phenoxy) is 1. The fourth-order valence-electron chi connectivity index (χ4n) is 3.59. The summed E-state index contributed by atoms with van der Waals surface area (Å²) >= 11 is 6.28. The van der Waals surface area contributed by atoms with Gasteiger partial charge < -0.3 is 15.0 Å². The molecular weight excluding hydrogens is 422 g/mol. The van der Waals surface area contributed by atoms with E-state index in [1.807, 2.05) is 18.2 Å². The number of H-pyrrole nitrogens is 1. The number of nitrogens with zero attached hydrogens (tertiary/aromatic N) is 3. The third kappa shape index (κ3) is 4.27. The zero-order chi connectivity index (χ0) is 22.0. The number of esters is 1. The van der Waals surface area contributed by atoms with Gasteiger partial charge in [0.2, 0.25) is 0 Å². The number of hydrogen-bond acceptors (Lipinski definition) is 5. The second-order valence-electron chi connectivity index (χ2n) is 7.14. The molecule has 0 unspecified atom stereocenters. The first kappa shape index (κ1) is 20.9. The van der Waals surface area contributed by atoms with Crippen LogP contribution in [0.1, 0.15) is 24.6 Å². The van der Waals surface area contributed by atoms with Crippen LogP contribution in [0.5, 0.6) is 0 Å². The smallest absolute Gasteiger partial charge is 0.317 e. The zero-order valence-electron chi connectivity index (χ0n) is 17.0. The van der Waals surface area contributed by atoms with Crippen molar-refractivity contribution < 1.29 is 14.3 Å². The number of fused-ring (bicyclic) bond motifs is 2.